The summed E-state index contributed by atoms with van der Waals surface area (Å²) in [5.41, 5.74) is 5.72. The molecule has 0 saturated carbocycles. The molecular formula is C13H23N5O. The molecule has 0 aromatic carbocycles. The summed E-state index contributed by atoms with van der Waals surface area (Å²) in [4.78, 5) is 6.86. The minimum Gasteiger partial charge on any atom is -0.370 e. The Labute approximate surface area is 113 Å². The molecule has 2 aliphatic heterocycles. The summed E-state index contributed by atoms with van der Waals surface area (Å²) in [6.07, 6.45) is 3.46. The molecule has 6 nitrogen and oxygen atoms in total. The summed E-state index contributed by atoms with van der Waals surface area (Å²) < 4.78 is 5.72. The van der Waals surface area contributed by atoms with E-state index in [-0.39, 0.29) is 6.10 Å². The third-order valence-electron chi connectivity index (χ3n) is 4.38. The first kappa shape index (κ1) is 12.9. The van der Waals surface area contributed by atoms with Gasteiger partial charge in [0, 0.05) is 19.7 Å². The van der Waals surface area contributed by atoms with Gasteiger partial charge in [-0.2, -0.15) is 4.98 Å². The van der Waals surface area contributed by atoms with Crippen LogP contribution in [0.15, 0.2) is 0 Å². The van der Waals surface area contributed by atoms with Crippen LogP contribution in [0.2, 0.25) is 0 Å². The Balaban J connectivity index is 1.65. The van der Waals surface area contributed by atoms with Crippen molar-refractivity contribution in [3.05, 3.63) is 5.82 Å². The lowest BCUT2D eigenvalue weighted by Gasteiger charge is -2.30. The van der Waals surface area contributed by atoms with Gasteiger partial charge in [0.15, 0.2) is 5.82 Å². The summed E-state index contributed by atoms with van der Waals surface area (Å²) in [5.74, 6) is 2.87. The topological polar surface area (TPSA) is 80.1 Å². The normalized spacial score (nSPS) is 29.1. The van der Waals surface area contributed by atoms with E-state index in [4.69, 9.17) is 10.5 Å². The molecule has 2 fully saturated rings. The zero-order valence-corrected chi connectivity index (χ0v) is 11.5. The van der Waals surface area contributed by atoms with Crippen LogP contribution < -0.4 is 10.6 Å². The van der Waals surface area contributed by atoms with Crippen LogP contribution in [0.4, 0.5) is 5.95 Å². The fourth-order valence-electron chi connectivity index (χ4n) is 2.95. The highest BCUT2D eigenvalue weighted by Gasteiger charge is 2.30. The number of nitrogens with zero attached hydrogens (tertiary/aromatic N) is 3. The van der Waals surface area contributed by atoms with Crippen molar-refractivity contribution in [1.82, 2.24) is 15.2 Å². The maximum Gasteiger partial charge on any atom is 0.244 e. The number of aromatic nitrogens is 3. The quantitative estimate of drug-likeness (QED) is 0.854. The van der Waals surface area contributed by atoms with Gasteiger partial charge >= 0.3 is 0 Å². The van der Waals surface area contributed by atoms with E-state index in [9.17, 15) is 0 Å². The van der Waals surface area contributed by atoms with E-state index in [0.29, 0.717) is 11.8 Å². The van der Waals surface area contributed by atoms with Crippen molar-refractivity contribution in [3.8, 4) is 0 Å². The van der Waals surface area contributed by atoms with Crippen molar-refractivity contribution in [2.75, 3.05) is 31.1 Å². The lowest BCUT2D eigenvalue weighted by Crippen LogP contribution is -2.36. The van der Waals surface area contributed by atoms with Crippen LogP contribution in [-0.4, -0.2) is 41.4 Å². The highest BCUT2D eigenvalue weighted by Crippen LogP contribution is 2.32. The Morgan fingerprint density at radius 2 is 2.16 bits per heavy atom. The van der Waals surface area contributed by atoms with Gasteiger partial charge in [-0.15, -0.1) is 5.10 Å². The maximum absolute atomic E-state index is 5.72. The fraction of sp³-hybridized carbons (Fsp3) is 0.846. The summed E-state index contributed by atoms with van der Waals surface area (Å²) in [5, 5.41) is 7.40. The molecule has 2 aliphatic rings. The second kappa shape index (κ2) is 5.46. The van der Waals surface area contributed by atoms with Crippen LogP contribution in [0.1, 0.15) is 38.1 Å². The minimum atomic E-state index is 0.0860. The van der Waals surface area contributed by atoms with Crippen molar-refractivity contribution < 1.29 is 4.74 Å². The van der Waals surface area contributed by atoms with E-state index in [1.807, 2.05) is 0 Å². The van der Waals surface area contributed by atoms with E-state index in [1.165, 1.54) is 0 Å². The Morgan fingerprint density at radius 1 is 1.37 bits per heavy atom. The number of anilines is 1. The molecular weight excluding hydrogens is 242 g/mol. The number of nitrogens with two attached hydrogens (primary N) is 1. The van der Waals surface area contributed by atoms with Crippen LogP contribution in [0.3, 0.4) is 0 Å². The smallest absolute Gasteiger partial charge is 0.244 e. The molecule has 3 rings (SSSR count). The predicted molar refractivity (Wildman–Crippen MR) is 72.8 cm³/mol. The van der Waals surface area contributed by atoms with Gasteiger partial charge in [0.25, 0.3) is 0 Å². The number of rotatable bonds is 3. The number of H-pyrrole nitrogens is 1. The molecule has 106 valence electrons. The zero-order valence-electron chi connectivity index (χ0n) is 11.5. The molecule has 6 heteroatoms. The molecule has 0 spiro atoms. The second-order valence-electron chi connectivity index (χ2n) is 5.74. The van der Waals surface area contributed by atoms with Gasteiger partial charge in [-0.05, 0) is 37.6 Å². The summed E-state index contributed by atoms with van der Waals surface area (Å²) in [6, 6.07) is 0. The van der Waals surface area contributed by atoms with Crippen molar-refractivity contribution in [1.29, 1.82) is 0 Å². The Bertz CT molecular complexity index is 413. The molecule has 2 unspecified atom stereocenters. The van der Waals surface area contributed by atoms with Gasteiger partial charge in [-0.1, -0.05) is 6.92 Å². The van der Waals surface area contributed by atoms with Gasteiger partial charge in [0.2, 0.25) is 5.95 Å². The number of aromatic amines is 1. The highest BCUT2D eigenvalue weighted by atomic mass is 16.5. The molecule has 3 N–H and O–H groups in total. The zero-order chi connectivity index (χ0) is 13.2. The van der Waals surface area contributed by atoms with Crippen LogP contribution in [-0.2, 0) is 4.74 Å². The van der Waals surface area contributed by atoms with Crippen LogP contribution >= 0.6 is 0 Å². The monoisotopic (exact) mass is 265 g/mol. The van der Waals surface area contributed by atoms with E-state index in [2.05, 4.69) is 27.0 Å². The van der Waals surface area contributed by atoms with Crippen LogP contribution in [0.25, 0.3) is 0 Å². The SMILES string of the molecule is CC1CCOC1c1nc(N2CCC(CN)CC2)n[nH]1. The number of ether oxygens (including phenoxy) is 1. The van der Waals surface area contributed by atoms with E-state index >= 15 is 0 Å². The first-order chi connectivity index (χ1) is 9.28. The third-order valence-corrected chi connectivity index (χ3v) is 4.38. The summed E-state index contributed by atoms with van der Waals surface area (Å²) >= 11 is 0. The number of hydrogen-bond acceptors (Lipinski definition) is 5. The Kier molecular flexibility index (Phi) is 3.70. The van der Waals surface area contributed by atoms with Crippen LogP contribution in [0.5, 0.6) is 0 Å². The molecule has 0 amide bonds. The minimum absolute atomic E-state index is 0.0860. The number of hydrogen-bond donors (Lipinski definition) is 2. The molecule has 0 radical (unpaired) electrons. The fourth-order valence-corrected chi connectivity index (χ4v) is 2.95. The average Bonchev–Trinajstić information content (AvgIpc) is 3.07. The predicted octanol–water partition coefficient (Wildman–Crippen LogP) is 1.08. The Hall–Kier alpha value is -1.14. The molecule has 2 saturated heterocycles. The molecule has 2 atom stereocenters. The molecule has 19 heavy (non-hydrogen) atoms. The first-order valence-corrected chi connectivity index (χ1v) is 7.27. The van der Waals surface area contributed by atoms with E-state index < -0.39 is 0 Å². The van der Waals surface area contributed by atoms with Gasteiger partial charge in [0.05, 0.1) is 0 Å². The lowest BCUT2D eigenvalue weighted by molar-refractivity contribution is 0.0876. The number of piperidine rings is 1. The largest absolute Gasteiger partial charge is 0.370 e. The van der Waals surface area contributed by atoms with Crippen molar-refractivity contribution >= 4 is 5.95 Å². The molecule has 1 aromatic heterocycles. The number of nitrogens with one attached hydrogen (secondary N) is 1. The maximum atomic E-state index is 5.72. The van der Waals surface area contributed by atoms with E-state index in [1.54, 1.807) is 0 Å². The molecule has 0 aliphatic carbocycles. The molecule has 1 aromatic rings. The average molecular weight is 265 g/mol. The van der Waals surface area contributed by atoms with Gasteiger partial charge in [0.1, 0.15) is 6.10 Å². The van der Waals surface area contributed by atoms with Crippen molar-refractivity contribution in [3.63, 3.8) is 0 Å². The second-order valence-corrected chi connectivity index (χ2v) is 5.74. The van der Waals surface area contributed by atoms with Crippen molar-refractivity contribution in [2.24, 2.45) is 17.6 Å². The standard InChI is InChI=1S/C13H23N5O/c1-9-4-7-19-11(9)12-15-13(17-16-12)18-5-2-10(8-14)3-6-18/h9-11H,2-8,14H2,1H3,(H,15,16,17). The van der Waals surface area contributed by atoms with Gasteiger partial charge in [-0.25, -0.2) is 0 Å². The Morgan fingerprint density at radius 3 is 2.79 bits per heavy atom. The van der Waals surface area contributed by atoms with Gasteiger partial charge in [-0.3, -0.25) is 5.10 Å². The van der Waals surface area contributed by atoms with E-state index in [0.717, 1.165) is 57.3 Å². The first-order valence-electron chi connectivity index (χ1n) is 7.27. The molecule has 3 heterocycles. The van der Waals surface area contributed by atoms with Gasteiger partial charge < -0.3 is 15.4 Å². The van der Waals surface area contributed by atoms with Crippen LogP contribution in [0, 0.1) is 11.8 Å². The molecule has 0 bridgehead atoms. The summed E-state index contributed by atoms with van der Waals surface area (Å²) in [6.45, 7) is 5.82. The summed E-state index contributed by atoms with van der Waals surface area (Å²) in [7, 11) is 0. The van der Waals surface area contributed by atoms with Crippen molar-refractivity contribution in [2.45, 2.75) is 32.3 Å². The lowest BCUT2D eigenvalue weighted by atomic mass is 9.97. The third kappa shape index (κ3) is 2.60. The highest BCUT2D eigenvalue weighted by molar-refractivity contribution is 5.29.